The molecule has 4 heteroatoms. The van der Waals surface area contributed by atoms with Crippen LogP contribution >= 0.6 is 11.6 Å². The molecule has 0 aliphatic carbocycles. The Bertz CT molecular complexity index is 424. The van der Waals surface area contributed by atoms with Crippen LogP contribution in [0.3, 0.4) is 0 Å². The minimum absolute atomic E-state index is 0.532. The van der Waals surface area contributed by atoms with E-state index in [1.54, 1.807) is 6.07 Å². The third-order valence-corrected chi connectivity index (χ3v) is 2.07. The zero-order valence-electron chi connectivity index (χ0n) is 6.96. The molecule has 1 aromatic carbocycles. The van der Waals surface area contributed by atoms with Crippen LogP contribution in [0.25, 0.3) is 11.1 Å². The van der Waals surface area contributed by atoms with Gasteiger partial charge in [0.05, 0.1) is 5.02 Å². The van der Waals surface area contributed by atoms with Crippen molar-refractivity contribution < 1.29 is 4.42 Å². The van der Waals surface area contributed by atoms with Crippen LogP contribution in [-0.4, -0.2) is 11.5 Å². The van der Waals surface area contributed by atoms with Crippen LogP contribution in [-0.2, 0) is 6.42 Å². The first kappa shape index (κ1) is 8.53. The molecular weight excluding hydrogens is 188 g/mol. The lowest BCUT2D eigenvalue weighted by molar-refractivity contribution is 0.531. The SMILES string of the molecule is NCCc1nc2cccc(Cl)c2o1. The molecule has 0 aliphatic heterocycles. The van der Waals surface area contributed by atoms with Gasteiger partial charge in [-0.25, -0.2) is 4.98 Å². The topological polar surface area (TPSA) is 52.0 Å². The van der Waals surface area contributed by atoms with E-state index in [1.807, 2.05) is 12.1 Å². The lowest BCUT2D eigenvalue weighted by atomic mass is 10.3. The van der Waals surface area contributed by atoms with Gasteiger partial charge in [0, 0.05) is 13.0 Å². The minimum atomic E-state index is 0.532. The number of rotatable bonds is 2. The average molecular weight is 197 g/mol. The number of oxazole rings is 1. The molecule has 2 rings (SSSR count). The van der Waals surface area contributed by atoms with Crippen LogP contribution in [0.5, 0.6) is 0 Å². The molecule has 1 heterocycles. The van der Waals surface area contributed by atoms with Gasteiger partial charge in [-0.15, -0.1) is 0 Å². The van der Waals surface area contributed by atoms with Gasteiger partial charge >= 0.3 is 0 Å². The second kappa shape index (κ2) is 3.36. The standard InChI is InChI=1S/C9H9ClN2O/c10-6-2-1-3-7-9(6)13-8(12-7)4-5-11/h1-3H,4-5,11H2. The molecule has 0 radical (unpaired) electrons. The Balaban J connectivity index is 2.55. The fourth-order valence-corrected chi connectivity index (χ4v) is 1.40. The van der Waals surface area contributed by atoms with Crippen LogP contribution in [0.4, 0.5) is 0 Å². The molecule has 0 unspecified atom stereocenters. The summed E-state index contributed by atoms with van der Waals surface area (Å²) in [6, 6.07) is 5.49. The highest BCUT2D eigenvalue weighted by Gasteiger charge is 2.06. The highest BCUT2D eigenvalue weighted by Crippen LogP contribution is 2.23. The van der Waals surface area contributed by atoms with E-state index in [0.717, 1.165) is 5.52 Å². The van der Waals surface area contributed by atoms with Crippen molar-refractivity contribution in [3.63, 3.8) is 0 Å². The van der Waals surface area contributed by atoms with Gasteiger partial charge in [-0.2, -0.15) is 0 Å². The zero-order chi connectivity index (χ0) is 9.26. The summed E-state index contributed by atoms with van der Waals surface area (Å²) in [6.07, 6.45) is 0.644. The first-order valence-electron chi connectivity index (χ1n) is 4.05. The quantitative estimate of drug-likeness (QED) is 0.799. The number of para-hydroxylation sites is 1. The first-order valence-corrected chi connectivity index (χ1v) is 4.43. The molecule has 0 saturated carbocycles. The van der Waals surface area contributed by atoms with Crippen molar-refractivity contribution >= 4 is 22.7 Å². The number of hydrogen-bond donors (Lipinski definition) is 1. The molecule has 0 atom stereocenters. The monoisotopic (exact) mass is 196 g/mol. The number of halogens is 1. The maximum absolute atomic E-state index is 5.91. The van der Waals surface area contributed by atoms with E-state index in [0.29, 0.717) is 29.5 Å². The number of nitrogens with zero attached hydrogens (tertiary/aromatic N) is 1. The van der Waals surface area contributed by atoms with Crippen molar-refractivity contribution in [2.75, 3.05) is 6.54 Å². The Morgan fingerprint density at radius 3 is 3.00 bits per heavy atom. The van der Waals surface area contributed by atoms with Crippen molar-refractivity contribution in [2.45, 2.75) is 6.42 Å². The van der Waals surface area contributed by atoms with E-state index >= 15 is 0 Å². The molecule has 0 spiro atoms. The summed E-state index contributed by atoms with van der Waals surface area (Å²) in [4.78, 5) is 4.23. The first-order chi connectivity index (χ1) is 6.31. The molecule has 3 nitrogen and oxygen atoms in total. The van der Waals surface area contributed by atoms with E-state index < -0.39 is 0 Å². The van der Waals surface area contributed by atoms with Crippen molar-refractivity contribution in [1.29, 1.82) is 0 Å². The van der Waals surface area contributed by atoms with Crippen LogP contribution in [0, 0.1) is 0 Å². The van der Waals surface area contributed by atoms with Gasteiger partial charge in [0.25, 0.3) is 0 Å². The lowest BCUT2D eigenvalue weighted by Crippen LogP contribution is -2.02. The summed E-state index contributed by atoms with van der Waals surface area (Å²) in [6.45, 7) is 0.532. The van der Waals surface area contributed by atoms with Gasteiger partial charge in [-0.1, -0.05) is 17.7 Å². The number of fused-ring (bicyclic) bond motifs is 1. The summed E-state index contributed by atoms with van der Waals surface area (Å²) < 4.78 is 5.42. The van der Waals surface area contributed by atoms with Gasteiger partial charge in [0.1, 0.15) is 5.52 Å². The fraction of sp³-hybridized carbons (Fsp3) is 0.222. The highest BCUT2D eigenvalue weighted by atomic mass is 35.5. The second-order valence-electron chi connectivity index (χ2n) is 2.73. The fourth-order valence-electron chi connectivity index (χ4n) is 1.19. The van der Waals surface area contributed by atoms with Crippen molar-refractivity contribution in [1.82, 2.24) is 4.98 Å². The average Bonchev–Trinajstić information content (AvgIpc) is 2.49. The molecule has 2 aromatic rings. The summed E-state index contributed by atoms with van der Waals surface area (Å²) in [7, 11) is 0. The Labute approximate surface area is 80.5 Å². The highest BCUT2D eigenvalue weighted by molar-refractivity contribution is 6.34. The number of hydrogen-bond acceptors (Lipinski definition) is 3. The molecule has 0 saturated heterocycles. The Morgan fingerprint density at radius 2 is 2.31 bits per heavy atom. The maximum Gasteiger partial charge on any atom is 0.196 e. The van der Waals surface area contributed by atoms with Crippen molar-refractivity contribution in [3.05, 3.63) is 29.1 Å². The lowest BCUT2D eigenvalue weighted by Gasteiger charge is -1.88. The Kier molecular flexibility index (Phi) is 2.20. The molecular formula is C9H9ClN2O. The predicted molar refractivity (Wildman–Crippen MR) is 51.8 cm³/mol. The van der Waals surface area contributed by atoms with E-state index in [9.17, 15) is 0 Å². The molecule has 0 aliphatic rings. The molecule has 1 aromatic heterocycles. The number of benzene rings is 1. The van der Waals surface area contributed by atoms with Crippen LogP contribution < -0.4 is 5.73 Å². The van der Waals surface area contributed by atoms with E-state index in [-0.39, 0.29) is 0 Å². The molecule has 0 fully saturated rings. The molecule has 0 amide bonds. The van der Waals surface area contributed by atoms with Gasteiger partial charge < -0.3 is 10.2 Å². The zero-order valence-corrected chi connectivity index (χ0v) is 7.71. The minimum Gasteiger partial charge on any atom is -0.439 e. The van der Waals surface area contributed by atoms with Crippen LogP contribution in [0.15, 0.2) is 22.6 Å². The summed E-state index contributed by atoms with van der Waals surface area (Å²) >= 11 is 5.91. The van der Waals surface area contributed by atoms with Gasteiger partial charge in [-0.3, -0.25) is 0 Å². The summed E-state index contributed by atoms with van der Waals surface area (Å²) in [5, 5.41) is 0.591. The predicted octanol–water partition coefficient (Wildman–Crippen LogP) is 1.98. The molecule has 0 bridgehead atoms. The van der Waals surface area contributed by atoms with Crippen molar-refractivity contribution in [2.24, 2.45) is 5.73 Å². The largest absolute Gasteiger partial charge is 0.439 e. The Hall–Kier alpha value is -1.06. The van der Waals surface area contributed by atoms with Crippen LogP contribution in [0.2, 0.25) is 5.02 Å². The third kappa shape index (κ3) is 1.53. The van der Waals surface area contributed by atoms with E-state index in [1.165, 1.54) is 0 Å². The maximum atomic E-state index is 5.91. The normalized spacial score (nSPS) is 10.9. The van der Waals surface area contributed by atoms with E-state index in [4.69, 9.17) is 21.8 Å². The third-order valence-electron chi connectivity index (χ3n) is 1.77. The van der Waals surface area contributed by atoms with Gasteiger partial charge in [-0.05, 0) is 12.1 Å². The summed E-state index contributed by atoms with van der Waals surface area (Å²) in [5.41, 5.74) is 6.82. The summed E-state index contributed by atoms with van der Waals surface area (Å²) in [5.74, 6) is 0.644. The number of aromatic nitrogens is 1. The van der Waals surface area contributed by atoms with Crippen LogP contribution in [0.1, 0.15) is 5.89 Å². The molecule has 2 N–H and O–H groups in total. The van der Waals surface area contributed by atoms with Crippen molar-refractivity contribution in [3.8, 4) is 0 Å². The Morgan fingerprint density at radius 1 is 1.46 bits per heavy atom. The molecule has 13 heavy (non-hydrogen) atoms. The van der Waals surface area contributed by atoms with Gasteiger partial charge in [0.2, 0.25) is 0 Å². The van der Waals surface area contributed by atoms with E-state index in [2.05, 4.69) is 4.98 Å². The second-order valence-corrected chi connectivity index (χ2v) is 3.14. The van der Waals surface area contributed by atoms with Gasteiger partial charge in [0.15, 0.2) is 11.5 Å². The number of nitrogens with two attached hydrogens (primary N) is 1. The molecule has 68 valence electrons. The smallest absolute Gasteiger partial charge is 0.196 e.